The molecule has 0 bridgehead atoms. The number of hydrogen-bond acceptors (Lipinski definition) is 3. The molecule has 1 aromatic carbocycles. The highest BCUT2D eigenvalue weighted by Gasteiger charge is 2.23. The van der Waals surface area contributed by atoms with Crippen molar-refractivity contribution in [2.45, 2.75) is 23.8 Å². The first-order chi connectivity index (χ1) is 6.81. The maximum absolute atomic E-state index is 8.82. The first kappa shape index (κ1) is 9.42. The van der Waals surface area contributed by atoms with E-state index in [1.807, 2.05) is 18.4 Å². The van der Waals surface area contributed by atoms with Crippen LogP contribution in [0.5, 0.6) is 5.75 Å². The van der Waals surface area contributed by atoms with Crippen LogP contribution in [-0.4, -0.2) is 12.4 Å². The van der Waals surface area contributed by atoms with Gasteiger partial charge in [-0.15, -0.1) is 11.8 Å². The fourth-order valence-electron chi connectivity index (χ4n) is 1.20. The number of nitriles is 1. The Balaban J connectivity index is 2.24. The van der Waals surface area contributed by atoms with Crippen LogP contribution < -0.4 is 4.74 Å². The molecule has 72 valence electrons. The van der Waals surface area contributed by atoms with Gasteiger partial charge >= 0.3 is 0 Å². The molecular weight excluding hydrogens is 194 g/mol. The van der Waals surface area contributed by atoms with Gasteiger partial charge in [-0.1, -0.05) is 0 Å². The van der Waals surface area contributed by atoms with Gasteiger partial charge in [0.15, 0.2) is 0 Å². The average molecular weight is 205 g/mol. The zero-order chi connectivity index (χ0) is 9.97. The molecule has 0 saturated heterocycles. The van der Waals surface area contributed by atoms with Crippen LogP contribution in [0.2, 0.25) is 0 Å². The van der Waals surface area contributed by atoms with E-state index in [2.05, 4.69) is 6.07 Å². The Labute approximate surface area is 87.9 Å². The standard InChI is InChI=1S/C11H11NOS/c1-14-11-5-8(7-12)4-10(6-11)13-9-2-3-9/h4-6,9H,2-3H2,1H3. The predicted octanol–water partition coefficient (Wildman–Crippen LogP) is 2.82. The Kier molecular flexibility index (Phi) is 2.64. The molecule has 0 heterocycles. The summed E-state index contributed by atoms with van der Waals surface area (Å²) in [5.74, 6) is 0.830. The summed E-state index contributed by atoms with van der Waals surface area (Å²) in [6, 6.07) is 7.82. The Bertz CT molecular complexity index is 379. The minimum Gasteiger partial charge on any atom is -0.490 e. The lowest BCUT2D eigenvalue weighted by Crippen LogP contribution is -1.96. The zero-order valence-corrected chi connectivity index (χ0v) is 8.80. The lowest BCUT2D eigenvalue weighted by Gasteiger charge is -2.06. The van der Waals surface area contributed by atoms with Crippen molar-refractivity contribution in [1.29, 1.82) is 5.26 Å². The molecule has 3 heteroatoms. The normalized spacial score (nSPS) is 14.9. The molecule has 1 aliphatic carbocycles. The molecule has 0 amide bonds. The quantitative estimate of drug-likeness (QED) is 0.711. The Morgan fingerprint density at radius 2 is 2.21 bits per heavy atom. The molecule has 0 atom stereocenters. The van der Waals surface area contributed by atoms with Gasteiger partial charge in [0.1, 0.15) is 5.75 Å². The Hall–Kier alpha value is -1.14. The minimum absolute atomic E-state index is 0.388. The van der Waals surface area contributed by atoms with Gasteiger partial charge in [0.2, 0.25) is 0 Å². The van der Waals surface area contributed by atoms with Crippen LogP contribution in [-0.2, 0) is 0 Å². The maximum Gasteiger partial charge on any atom is 0.122 e. The molecule has 0 N–H and O–H groups in total. The number of nitrogens with zero attached hydrogens (tertiary/aromatic N) is 1. The molecular formula is C11H11NOS. The largest absolute Gasteiger partial charge is 0.490 e. The molecule has 14 heavy (non-hydrogen) atoms. The van der Waals surface area contributed by atoms with Gasteiger partial charge in [-0.05, 0) is 37.3 Å². The summed E-state index contributed by atoms with van der Waals surface area (Å²) in [4.78, 5) is 1.08. The van der Waals surface area contributed by atoms with Crippen LogP contribution in [0.25, 0.3) is 0 Å². The molecule has 1 aromatic rings. The van der Waals surface area contributed by atoms with E-state index in [9.17, 15) is 0 Å². The van der Waals surface area contributed by atoms with Crippen molar-refractivity contribution in [2.24, 2.45) is 0 Å². The van der Waals surface area contributed by atoms with Gasteiger partial charge in [0.05, 0.1) is 17.7 Å². The molecule has 0 aliphatic heterocycles. The van der Waals surface area contributed by atoms with Gasteiger partial charge in [-0.2, -0.15) is 5.26 Å². The molecule has 1 aliphatic rings. The monoisotopic (exact) mass is 205 g/mol. The molecule has 1 saturated carbocycles. The zero-order valence-electron chi connectivity index (χ0n) is 7.99. The fraction of sp³-hybridized carbons (Fsp3) is 0.364. The van der Waals surface area contributed by atoms with Crippen LogP contribution in [0, 0.1) is 11.3 Å². The summed E-state index contributed by atoms with van der Waals surface area (Å²) in [5.41, 5.74) is 0.674. The third kappa shape index (κ3) is 2.21. The average Bonchev–Trinajstić information content (AvgIpc) is 3.01. The summed E-state index contributed by atoms with van der Waals surface area (Å²) >= 11 is 1.63. The molecule has 0 aromatic heterocycles. The van der Waals surface area contributed by atoms with Crippen LogP contribution in [0.1, 0.15) is 18.4 Å². The molecule has 1 fully saturated rings. The van der Waals surface area contributed by atoms with E-state index in [0.29, 0.717) is 11.7 Å². The van der Waals surface area contributed by atoms with Crippen molar-refractivity contribution in [1.82, 2.24) is 0 Å². The molecule has 2 rings (SSSR count). The lowest BCUT2D eigenvalue weighted by atomic mass is 10.2. The Morgan fingerprint density at radius 3 is 2.79 bits per heavy atom. The molecule has 0 unspecified atom stereocenters. The van der Waals surface area contributed by atoms with E-state index in [0.717, 1.165) is 23.5 Å². The summed E-state index contributed by atoms with van der Waals surface area (Å²) in [5, 5.41) is 8.82. The lowest BCUT2D eigenvalue weighted by molar-refractivity contribution is 0.302. The molecule has 2 nitrogen and oxygen atoms in total. The number of hydrogen-bond donors (Lipinski definition) is 0. The minimum atomic E-state index is 0.388. The molecule has 0 spiro atoms. The van der Waals surface area contributed by atoms with Gasteiger partial charge in [-0.25, -0.2) is 0 Å². The van der Waals surface area contributed by atoms with E-state index >= 15 is 0 Å². The van der Waals surface area contributed by atoms with Crippen molar-refractivity contribution in [2.75, 3.05) is 6.26 Å². The van der Waals surface area contributed by atoms with E-state index in [1.165, 1.54) is 0 Å². The van der Waals surface area contributed by atoms with Crippen LogP contribution >= 0.6 is 11.8 Å². The summed E-state index contributed by atoms with van der Waals surface area (Å²) < 4.78 is 5.65. The predicted molar refractivity (Wildman–Crippen MR) is 56.6 cm³/mol. The number of rotatable bonds is 3. The highest BCUT2D eigenvalue weighted by atomic mass is 32.2. The highest BCUT2D eigenvalue weighted by molar-refractivity contribution is 7.98. The highest BCUT2D eigenvalue weighted by Crippen LogP contribution is 2.30. The van der Waals surface area contributed by atoms with Gasteiger partial charge in [0.25, 0.3) is 0 Å². The van der Waals surface area contributed by atoms with E-state index in [4.69, 9.17) is 10.00 Å². The van der Waals surface area contributed by atoms with Gasteiger partial charge in [-0.3, -0.25) is 0 Å². The van der Waals surface area contributed by atoms with Crippen molar-refractivity contribution in [3.8, 4) is 11.8 Å². The van der Waals surface area contributed by atoms with Crippen molar-refractivity contribution < 1.29 is 4.74 Å². The smallest absolute Gasteiger partial charge is 0.122 e. The van der Waals surface area contributed by atoms with Gasteiger partial charge in [0, 0.05) is 4.90 Å². The van der Waals surface area contributed by atoms with Crippen molar-refractivity contribution in [3.05, 3.63) is 23.8 Å². The topological polar surface area (TPSA) is 33.0 Å². The van der Waals surface area contributed by atoms with Crippen molar-refractivity contribution >= 4 is 11.8 Å². The number of thioether (sulfide) groups is 1. The van der Waals surface area contributed by atoms with Gasteiger partial charge < -0.3 is 4.74 Å². The van der Waals surface area contributed by atoms with Crippen molar-refractivity contribution in [3.63, 3.8) is 0 Å². The Morgan fingerprint density at radius 1 is 1.43 bits per heavy atom. The number of ether oxygens (including phenoxy) is 1. The first-order valence-corrected chi connectivity index (χ1v) is 5.80. The fourth-order valence-corrected chi connectivity index (χ4v) is 1.68. The second-order valence-corrected chi connectivity index (χ2v) is 4.21. The second kappa shape index (κ2) is 3.93. The summed E-state index contributed by atoms with van der Waals surface area (Å²) in [6.45, 7) is 0. The van der Waals surface area contributed by atoms with E-state index in [-0.39, 0.29) is 0 Å². The first-order valence-electron chi connectivity index (χ1n) is 4.57. The summed E-state index contributed by atoms with van der Waals surface area (Å²) in [6.07, 6.45) is 4.67. The third-order valence-corrected chi connectivity index (χ3v) is 2.78. The van der Waals surface area contributed by atoms with E-state index in [1.54, 1.807) is 17.8 Å². The SMILES string of the molecule is CSc1cc(C#N)cc(OC2CC2)c1. The third-order valence-electron chi connectivity index (χ3n) is 2.07. The number of benzene rings is 1. The second-order valence-electron chi connectivity index (χ2n) is 3.33. The van der Waals surface area contributed by atoms with Crippen LogP contribution in [0.15, 0.2) is 23.1 Å². The van der Waals surface area contributed by atoms with Crippen LogP contribution in [0.4, 0.5) is 0 Å². The summed E-state index contributed by atoms with van der Waals surface area (Å²) in [7, 11) is 0. The maximum atomic E-state index is 8.82. The van der Waals surface area contributed by atoms with E-state index < -0.39 is 0 Å². The van der Waals surface area contributed by atoms with Crippen LogP contribution in [0.3, 0.4) is 0 Å². The molecule has 0 radical (unpaired) electrons.